The van der Waals surface area contributed by atoms with E-state index in [4.69, 9.17) is 28.7 Å². The summed E-state index contributed by atoms with van der Waals surface area (Å²) in [4.78, 5) is 61.5. The number of aromatic nitrogens is 2. The number of rotatable bonds is 21. The van der Waals surface area contributed by atoms with Crippen LogP contribution in [0.15, 0.2) is 17.5 Å². The zero-order chi connectivity index (χ0) is 29.9. The van der Waals surface area contributed by atoms with E-state index in [0.29, 0.717) is 50.9 Å². The summed E-state index contributed by atoms with van der Waals surface area (Å²) in [5.41, 5.74) is 28.4. The highest BCUT2D eigenvalue weighted by atomic mass is 16.4. The van der Waals surface area contributed by atoms with Gasteiger partial charge in [-0.25, -0.2) is 9.78 Å². The van der Waals surface area contributed by atoms with E-state index in [1.165, 1.54) is 6.33 Å². The van der Waals surface area contributed by atoms with Gasteiger partial charge < -0.3 is 54.7 Å². The maximum absolute atomic E-state index is 13.3. The monoisotopic (exact) mass is 567 g/mol. The van der Waals surface area contributed by atoms with Gasteiger partial charge in [0.1, 0.15) is 18.1 Å². The number of aromatic amines is 1. The van der Waals surface area contributed by atoms with E-state index in [-0.39, 0.29) is 38.2 Å². The van der Waals surface area contributed by atoms with E-state index >= 15 is 0 Å². The molecule has 16 heteroatoms. The predicted octanol–water partition coefficient (Wildman–Crippen LogP) is -2.87. The predicted molar refractivity (Wildman–Crippen MR) is 149 cm³/mol. The van der Waals surface area contributed by atoms with Gasteiger partial charge in [0.2, 0.25) is 17.7 Å². The molecule has 0 aliphatic rings. The van der Waals surface area contributed by atoms with Gasteiger partial charge in [0.05, 0.1) is 12.4 Å². The highest BCUT2D eigenvalue weighted by Crippen LogP contribution is 2.08. The molecule has 0 spiro atoms. The molecule has 40 heavy (non-hydrogen) atoms. The number of carbonyl (C=O) groups is 4. The number of nitrogens with one attached hydrogen (secondary N) is 4. The van der Waals surface area contributed by atoms with Crippen molar-refractivity contribution in [2.45, 2.75) is 82.0 Å². The molecule has 0 aromatic carbocycles. The van der Waals surface area contributed by atoms with Crippen LogP contribution in [0.2, 0.25) is 0 Å². The van der Waals surface area contributed by atoms with Gasteiger partial charge in [-0.1, -0.05) is 0 Å². The molecule has 3 amide bonds. The number of nitrogens with zero attached hydrogens (tertiary/aromatic N) is 2. The maximum Gasteiger partial charge on any atom is 0.326 e. The van der Waals surface area contributed by atoms with Crippen molar-refractivity contribution < 1.29 is 24.3 Å². The largest absolute Gasteiger partial charge is 0.480 e. The van der Waals surface area contributed by atoms with Crippen molar-refractivity contribution in [2.24, 2.45) is 33.7 Å². The lowest BCUT2D eigenvalue weighted by Gasteiger charge is -2.25. The minimum atomic E-state index is -1.23. The van der Waals surface area contributed by atoms with Crippen LogP contribution in [-0.4, -0.2) is 88.5 Å². The number of carboxylic acids is 1. The van der Waals surface area contributed by atoms with E-state index in [9.17, 15) is 24.3 Å². The second-order valence-electron chi connectivity index (χ2n) is 9.43. The summed E-state index contributed by atoms with van der Waals surface area (Å²) in [6.45, 7) is 0.994. The number of H-pyrrole nitrogens is 1. The quantitative estimate of drug-likeness (QED) is 0.0409. The van der Waals surface area contributed by atoms with Crippen molar-refractivity contribution in [1.29, 1.82) is 0 Å². The van der Waals surface area contributed by atoms with Crippen LogP contribution in [0.25, 0.3) is 0 Å². The first-order valence-electron chi connectivity index (χ1n) is 13.4. The summed E-state index contributed by atoms with van der Waals surface area (Å²) in [5.74, 6) is -3.15. The molecule has 15 N–H and O–H groups in total. The molecule has 0 bridgehead atoms. The Kier molecular flexibility index (Phi) is 16.6. The SMILES string of the molecule is NCCCCC(NC(=O)C(N)Cc1cnc[nH]1)C(=O)NC(CCCCN)C(=O)NC(CCCN=C(N)N)C(=O)O. The van der Waals surface area contributed by atoms with Crippen molar-refractivity contribution in [3.63, 3.8) is 0 Å². The van der Waals surface area contributed by atoms with Crippen LogP contribution in [-0.2, 0) is 25.6 Å². The van der Waals surface area contributed by atoms with Gasteiger partial charge >= 0.3 is 5.97 Å². The van der Waals surface area contributed by atoms with Gasteiger partial charge in [0.25, 0.3) is 0 Å². The second-order valence-corrected chi connectivity index (χ2v) is 9.43. The summed E-state index contributed by atoms with van der Waals surface area (Å²) in [7, 11) is 0. The summed E-state index contributed by atoms with van der Waals surface area (Å²) in [6.07, 6.45) is 6.37. The van der Waals surface area contributed by atoms with Gasteiger partial charge in [-0.2, -0.15) is 0 Å². The summed E-state index contributed by atoms with van der Waals surface area (Å²) in [5, 5.41) is 17.4. The molecule has 0 aliphatic carbocycles. The van der Waals surface area contributed by atoms with Crippen LogP contribution in [0.5, 0.6) is 0 Å². The third-order valence-corrected chi connectivity index (χ3v) is 6.05. The third-order valence-electron chi connectivity index (χ3n) is 6.05. The molecule has 1 aromatic rings. The van der Waals surface area contributed by atoms with E-state index in [1.807, 2.05) is 0 Å². The zero-order valence-corrected chi connectivity index (χ0v) is 22.8. The maximum atomic E-state index is 13.3. The number of carbonyl (C=O) groups excluding carboxylic acids is 3. The van der Waals surface area contributed by atoms with Crippen molar-refractivity contribution in [1.82, 2.24) is 25.9 Å². The van der Waals surface area contributed by atoms with Crippen LogP contribution in [0.3, 0.4) is 0 Å². The molecule has 1 aromatic heterocycles. The fraction of sp³-hybridized carbons (Fsp3) is 0.667. The molecule has 16 nitrogen and oxygen atoms in total. The summed E-state index contributed by atoms with van der Waals surface area (Å²) in [6, 6.07) is -4.18. The van der Waals surface area contributed by atoms with Crippen molar-refractivity contribution in [3.8, 4) is 0 Å². The Morgan fingerprint density at radius 3 is 1.85 bits per heavy atom. The lowest BCUT2D eigenvalue weighted by Crippen LogP contribution is -2.57. The average molecular weight is 568 g/mol. The molecule has 0 aliphatic heterocycles. The smallest absolute Gasteiger partial charge is 0.326 e. The third kappa shape index (κ3) is 13.9. The van der Waals surface area contributed by atoms with Crippen LogP contribution >= 0.6 is 0 Å². The number of nitrogens with two attached hydrogens (primary N) is 5. The summed E-state index contributed by atoms with van der Waals surface area (Å²) >= 11 is 0. The standard InChI is InChI=1S/C24H45N11O5/c25-9-3-1-6-17(33-20(36)16(27)12-15-13-30-14-32-15)21(37)34-18(7-2-4-10-26)22(38)35-19(23(39)40)8-5-11-31-24(28)29/h13-14,16-19H,1-12,25-27H2,(H,30,32)(H,33,36)(H,34,37)(H,35,38)(H,39,40)(H4,28,29,31). The number of hydrogen-bond acceptors (Lipinski definition) is 9. The Labute approximate surface area is 233 Å². The van der Waals surface area contributed by atoms with Crippen molar-refractivity contribution >= 4 is 29.7 Å². The Morgan fingerprint density at radius 2 is 1.38 bits per heavy atom. The molecule has 0 saturated heterocycles. The first kappa shape index (κ1) is 34.3. The van der Waals surface area contributed by atoms with Gasteiger partial charge in [-0.3, -0.25) is 19.4 Å². The molecular formula is C24H45N11O5. The van der Waals surface area contributed by atoms with Crippen molar-refractivity contribution in [3.05, 3.63) is 18.2 Å². The first-order valence-corrected chi connectivity index (χ1v) is 13.4. The van der Waals surface area contributed by atoms with Crippen LogP contribution in [0, 0.1) is 0 Å². The molecular weight excluding hydrogens is 522 g/mol. The highest BCUT2D eigenvalue weighted by Gasteiger charge is 2.30. The first-order chi connectivity index (χ1) is 19.1. The van der Waals surface area contributed by atoms with Gasteiger partial charge in [0.15, 0.2) is 5.96 Å². The van der Waals surface area contributed by atoms with Crippen LogP contribution in [0.1, 0.15) is 57.1 Å². The molecule has 0 radical (unpaired) electrons. The number of amides is 3. The number of guanidine groups is 1. The molecule has 226 valence electrons. The number of unbranched alkanes of at least 4 members (excludes halogenated alkanes) is 2. The topological polar surface area (TPSA) is 296 Å². The molecule has 1 heterocycles. The van der Waals surface area contributed by atoms with Crippen LogP contribution in [0.4, 0.5) is 0 Å². The minimum absolute atomic E-state index is 0.0767. The lowest BCUT2D eigenvalue weighted by molar-refractivity contribution is -0.142. The number of imidazole rings is 1. The van der Waals surface area contributed by atoms with E-state index in [2.05, 4.69) is 30.9 Å². The second kappa shape index (κ2) is 19.3. The van der Waals surface area contributed by atoms with E-state index in [0.717, 1.165) is 0 Å². The Morgan fingerprint density at radius 1 is 0.850 bits per heavy atom. The Hall–Kier alpha value is -3.76. The highest BCUT2D eigenvalue weighted by molar-refractivity contribution is 5.94. The molecule has 1 rings (SSSR count). The fourth-order valence-electron chi connectivity index (χ4n) is 3.83. The minimum Gasteiger partial charge on any atom is -0.480 e. The van der Waals surface area contributed by atoms with Gasteiger partial charge in [0, 0.05) is 24.9 Å². The van der Waals surface area contributed by atoms with Gasteiger partial charge in [-0.05, 0) is 64.5 Å². The van der Waals surface area contributed by atoms with Crippen LogP contribution < -0.4 is 44.6 Å². The summed E-state index contributed by atoms with van der Waals surface area (Å²) < 4.78 is 0. The van der Waals surface area contributed by atoms with Gasteiger partial charge in [-0.15, -0.1) is 0 Å². The van der Waals surface area contributed by atoms with E-state index < -0.39 is 47.9 Å². The van der Waals surface area contributed by atoms with Crippen molar-refractivity contribution in [2.75, 3.05) is 19.6 Å². The van der Waals surface area contributed by atoms with E-state index in [1.54, 1.807) is 6.20 Å². The zero-order valence-electron chi connectivity index (χ0n) is 22.8. The number of aliphatic carboxylic acids is 1. The Bertz CT molecular complexity index is 938. The number of carboxylic acid groups (broad SMARTS) is 1. The molecule has 0 saturated carbocycles. The number of hydrogen-bond donors (Lipinski definition) is 10. The molecule has 0 fully saturated rings. The fourth-order valence-corrected chi connectivity index (χ4v) is 3.83. The average Bonchev–Trinajstić information content (AvgIpc) is 3.41. The lowest BCUT2D eigenvalue weighted by atomic mass is 10.0. The molecule has 4 unspecified atom stereocenters. The Balaban J connectivity index is 2.94. The molecule has 4 atom stereocenters. The number of aliphatic imine (C=N–C) groups is 1. The normalized spacial score (nSPS) is 13.9.